The van der Waals surface area contributed by atoms with E-state index < -0.39 is 12.0 Å². The standard InChI is InChI=1S/C16H15N3O2/c17-9-11-5-6-14(13-4-2-1-3-12(11)13)19-8-7-18-10-15(19)16(20)21/h1-6,15,18H,7-8,10H2,(H,20,21). The highest BCUT2D eigenvalue weighted by molar-refractivity contribution is 5.99. The van der Waals surface area contributed by atoms with E-state index in [1.54, 1.807) is 6.07 Å². The first-order chi connectivity index (χ1) is 10.2. The zero-order valence-electron chi connectivity index (χ0n) is 11.4. The van der Waals surface area contributed by atoms with Gasteiger partial charge in [0.15, 0.2) is 0 Å². The van der Waals surface area contributed by atoms with Crippen molar-refractivity contribution in [3.8, 4) is 6.07 Å². The molecule has 0 amide bonds. The van der Waals surface area contributed by atoms with Crippen LogP contribution in [0.4, 0.5) is 5.69 Å². The Hall–Kier alpha value is -2.58. The highest BCUT2D eigenvalue weighted by Crippen LogP contribution is 2.31. The largest absolute Gasteiger partial charge is 0.480 e. The zero-order chi connectivity index (χ0) is 14.8. The van der Waals surface area contributed by atoms with Crippen molar-refractivity contribution >= 4 is 22.4 Å². The number of rotatable bonds is 2. The number of carbonyl (C=O) groups is 1. The summed E-state index contributed by atoms with van der Waals surface area (Å²) in [5.41, 5.74) is 1.48. The first-order valence-electron chi connectivity index (χ1n) is 6.84. The van der Waals surface area contributed by atoms with Gasteiger partial charge in [-0.2, -0.15) is 5.26 Å². The van der Waals surface area contributed by atoms with E-state index in [1.165, 1.54) is 0 Å². The normalized spacial score (nSPS) is 18.4. The average molecular weight is 281 g/mol. The first-order valence-corrected chi connectivity index (χ1v) is 6.84. The fourth-order valence-electron chi connectivity index (χ4n) is 2.84. The minimum absolute atomic E-state index is 0.420. The number of benzene rings is 2. The molecule has 2 aromatic rings. The van der Waals surface area contributed by atoms with Gasteiger partial charge < -0.3 is 15.3 Å². The highest BCUT2D eigenvalue weighted by Gasteiger charge is 2.29. The van der Waals surface area contributed by atoms with E-state index in [0.717, 1.165) is 23.0 Å². The number of hydrogen-bond donors (Lipinski definition) is 2. The smallest absolute Gasteiger partial charge is 0.327 e. The quantitative estimate of drug-likeness (QED) is 0.874. The molecule has 3 rings (SSSR count). The Morgan fingerprint density at radius 2 is 2.05 bits per heavy atom. The van der Waals surface area contributed by atoms with Gasteiger partial charge in [0, 0.05) is 36.1 Å². The van der Waals surface area contributed by atoms with Crippen LogP contribution in [0.3, 0.4) is 0 Å². The minimum Gasteiger partial charge on any atom is -0.480 e. The number of fused-ring (bicyclic) bond motifs is 1. The van der Waals surface area contributed by atoms with Crippen molar-refractivity contribution in [2.45, 2.75) is 6.04 Å². The van der Waals surface area contributed by atoms with Gasteiger partial charge in [0.2, 0.25) is 0 Å². The molecule has 1 saturated heterocycles. The molecular formula is C16H15N3O2. The lowest BCUT2D eigenvalue weighted by atomic mass is 10.0. The predicted octanol–water partition coefficient (Wildman–Crippen LogP) is 1.57. The number of carboxylic acid groups (broad SMARTS) is 1. The average Bonchev–Trinajstić information content (AvgIpc) is 2.53. The maximum Gasteiger partial charge on any atom is 0.327 e. The van der Waals surface area contributed by atoms with Gasteiger partial charge in [-0.1, -0.05) is 24.3 Å². The maximum atomic E-state index is 11.5. The van der Waals surface area contributed by atoms with Crippen LogP contribution in [0, 0.1) is 11.3 Å². The van der Waals surface area contributed by atoms with E-state index >= 15 is 0 Å². The minimum atomic E-state index is -0.837. The third-order valence-electron chi connectivity index (χ3n) is 3.86. The number of anilines is 1. The van der Waals surface area contributed by atoms with E-state index in [9.17, 15) is 15.2 Å². The number of nitrogens with zero attached hydrogens (tertiary/aromatic N) is 2. The molecule has 0 saturated carbocycles. The molecule has 0 spiro atoms. The second-order valence-electron chi connectivity index (χ2n) is 5.04. The van der Waals surface area contributed by atoms with Gasteiger partial charge in [-0.15, -0.1) is 0 Å². The molecular weight excluding hydrogens is 266 g/mol. The summed E-state index contributed by atoms with van der Waals surface area (Å²) in [7, 11) is 0. The van der Waals surface area contributed by atoms with Crippen molar-refractivity contribution < 1.29 is 9.90 Å². The van der Waals surface area contributed by atoms with Crippen LogP contribution >= 0.6 is 0 Å². The molecule has 1 aliphatic heterocycles. The van der Waals surface area contributed by atoms with Gasteiger partial charge in [-0.3, -0.25) is 0 Å². The van der Waals surface area contributed by atoms with Crippen LogP contribution in [-0.4, -0.2) is 36.8 Å². The van der Waals surface area contributed by atoms with Crippen molar-refractivity contribution in [1.29, 1.82) is 5.26 Å². The van der Waals surface area contributed by atoms with Crippen LogP contribution in [-0.2, 0) is 4.79 Å². The third kappa shape index (κ3) is 2.30. The summed E-state index contributed by atoms with van der Waals surface area (Å²) in [4.78, 5) is 13.4. The molecule has 21 heavy (non-hydrogen) atoms. The molecule has 106 valence electrons. The van der Waals surface area contributed by atoms with Gasteiger partial charge in [0.05, 0.1) is 11.6 Å². The predicted molar refractivity (Wildman–Crippen MR) is 80.3 cm³/mol. The van der Waals surface area contributed by atoms with Gasteiger partial charge in [0.25, 0.3) is 0 Å². The van der Waals surface area contributed by atoms with Gasteiger partial charge >= 0.3 is 5.97 Å². The van der Waals surface area contributed by atoms with E-state index in [0.29, 0.717) is 18.7 Å². The fourth-order valence-corrected chi connectivity index (χ4v) is 2.84. The molecule has 1 aliphatic rings. The Balaban J connectivity index is 2.16. The summed E-state index contributed by atoms with van der Waals surface area (Å²) >= 11 is 0. The third-order valence-corrected chi connectivity index (χ3v) is 3.86. The zero-order valence-corrected chi connectivity index (χ0v) is 11.4. The Morgan fingerprint density at radius 1 is 1.29 bits per heavy atom. The van der Waals surface area contributed by atoms with E-state index in [2.05, 4.69) is 11.4 Å². The van der Waals surface area contributed by atoms with Crippen molar-refractivity contribution in [3.63, 3.8) is 0 Å². The Bertz CT molecular complexity index is 736. The van der Waals surface area contributed by atoms with Crippen molar-refractivity contribution in [2.24, 2.45) is 0 Å². The SMILES string of the molecule is N#Cc1ccc(N2CCNCC2C(=O)O)c2ccccc12. The molecule has 1 fully saturated rings. The fraction of sp³-hybridized carbons (Fsp3) is 0.250. The number of nitriles is 1. The Labute approximate surface area is 122 Å². The number of nitrogens with one attached hydrogen (secondary N) is 1. The summed E-state index contributed by atoms with van der Waals surface area (Å²) in [5, 5.41) is 23.5. The molecule has 1 atom stereocenters. The Morgan fingerprint density at radius 3 is 2.76 bits per heavy atom. The first kappa shape index (κ1) is 13.4. The number of aliphatic carboxylic acids is 1. The van der Waals surface area contributed by atoms with Crippen molar-refractivity contribution in [2.75, 3.05) is 24.5 Å². The van der Waals surface area contributed by atoms with Gasteiger partial charge in [0.1, 0.15) is 6.04 Å². The number of hydrogen-bond acceptors (Lipinski definition) is 4. The maximum absolute atomic E-state index is 11.5. The van der Waals surface area contributed by atoms with Crippen LogP contribution in [0.5, 0.6) is 0 Å². The van der Waals surface area contributed by atoms with Crippen LogP contribution in [0.1, 0.15) is 5.56 Å². The molecule has 1 unspecified atom stereocenters. The summed E-state index contributed by atoms with van der Waals surface area (Å²) in [6.45, 7) is 1.80. The lowest BCUT2D eigenvalue weighted by molar-refractivity contribution is -0.138. The number of piperazine rings is 1. The topological polar surface area (TPSA) is 76.4 Å². The summed E-state index contributed by atoms with van der Waals surface area (Å²) in [5.74, 6) is -0.837. The van der Waals surface area contributed by atoms with E-state index in [4.69, 9.17) is 0 Å². The number of carboxylic acids is 1. The van der Waals surface area contributed by atoms with Crippen molar-refractivity contribution in [3.05, 3.63) is 42.0 Å². The van der Waals surface area contributed by atoms with Gasteiger partial charge in [-0.25, -0.2) is 4.79 Å². The summed E-state index contributed by atoms with van der Waals surface area (Å²) in [6, 6.07) is 12.8. The van der Waals surface area contributed by atoms with Crippen molar-refractivity contribution in [1.82, 2.24) is 5.32 Å². The summed E-state index contributed by atoms with van der Waals surface area (Å²) in [6.07, 6.45) is 0. The van der Waals surface area contributed by atoms with Crippen LogP contribution in [0.25, 0.3) is 10.8 Å². The molecule has 2 aromatic carbocycles. The van der Waals surface area contributed by atoms with Crippen LogP contribution in [0.15, 0.2) is 36.4 Å². The van der Waals surface area contributed by atoms with Crippen LogP contribution in [0.2, 0.25) is 0 Å². The second kappa shape index (κ2) is 5.43. The lowest BCUT2D eigenvalue weighted by Crippen LogP contribution is -2.55. The molecule has 0 aromatic heterocycles. The lowest BCUT2D eigenvalue weighted by Gasteiger charge is -2.36. The molecule has 2 N–H and O–H groups in total. The Kier molecular flexibility index (Phi) is 3.46. The molecule has 1 heterocycles. The molecule has 0 aliphatic carbocycles. The highest BCUT2D eigenvalue weighted by atomic mass is 16.4. The monoisotopic (exact) mass is 281 g/mol. The van der Waals surface area contributed by atoms with E-state index in [1.807, 2.05) is 35.2 Å². The molecule has 5 nitrogen and oxygen atoms in total. The molecule has 0 bridgehead atoms. The van der Waals surface area contributed by atoms with Gasteiger partial charge in [-0.05, 0) is 12.1 Å². The molecule has 5 heteroatoms. The van der Waals surface area contributed by atoms with E-state index in [-0.39, 0.29) is 0 Å². The molecule has 0 radical (unpaired) electrons. The second-order valence-corrected chi connectivity index (χ2v) is 5.04. The van der Waals surface area contributed by atoms with Crippen LogP contribution < -0.4 is 10.2 Å². The summed E-state index contributed by atoms with van der Waals surface area (Å²) < 4.78 is 0.